The highest BCUT2D eigenvalue weighted by molar-refractivity contribution is 9.10. The Morgan fingerprint density at radius 1 is 1.20 bits per heavy atom. The molecule has 5 nitrogen and oxygen atoms in total. The van der Waals surface area contributed by atoms with E-state index in [1.165, 1.54) is 0 Å². The summed E-state index contributed by atoms with van der Waals surface area (Å²) in [6, 6.07) is 10.4. The van der Waals surface area contributed by atoms with Crippen molar-refractivity contribution in [1.29, 1.82) is 0 Å². The van der Waals surface area contributed by atoms with Crippen molar-refractivity contribution >= 4 is 33.3 Å². The van der Waals surface area contributed by atoms with Crippen LogP contribution in [0.15, 0.2) is 41.1 Å². The first-order chi connectivity index (χ1) is 9.79. The van der Waals surface area contributed by atoms with E-state index in [1.807, 2.05) is 30.3 Å². The van der Waals surface area contributed by atoms with Crippen LogP contribution in [0.2, 0.25) is 0 Å². The molecule has 0 radical (unpaired) electrons. The normalized spacial score (nSPS) is 17.9. The van der Waals surface area contributed by atoms with E-state index in [0.717, 1.165) is 41.3 Å². The zero-order chi connectivity index (χ0) is 13.8. The van der Waals surface area contributed by atoms with Crippen molar-refractivity contribution in [2.75, 3.05) is 23.7 Å². The Morgan fingerprint density at radius 3 is 2.90 bits per heavy atom. The molecule has 1 atom stereocenters. The van der Waals surface area contributed by atoms with Crippen LogP contribution >= 0.6 is 15.9 Å². The molecule has 0 bridgehead atoms. The van der Waals surface area contributed by atoms with Gasteiger partial charge in [-0.15, -0.1) is 0 Å². The van der Waals surface area contributed by atoms with Gasteiger partial charge in [0.05, 0.1) is 0 Å². The predicted octanol–water partition coefficient (Wildman–Crippen LogP) is 2.76. The minimum absolute atomic E-state index is 0.448. The van der Waals surface area contributed by atoms with E-state index in [-0.39, 0.29) is 0 Å². The van der Waals surface area contributed by atoms with Gasteiger partial charge in [0, 0.05) is 28.8 Å². The van der Waals surface area contributed by atoms with Crippen LogP contribution in [0, 0.1) is 0 Å². The fourth-order valence-corrected chi connectivity index (χ4v) is 2.60. The molecule has 0 amide bonds. The van der Waals surface area contributed by atoms with Crippen LogP contribution in [0.1, 0.15) is 6.42 Å². The third-order valence-electron chi connectivity index (χ3n) is 3.18. The molecule has 1 saturated heterocycles. The zero-order valence-corrected chi connectivity index (χ0v) is 12.5. The molecule has 3 rings (SSSR count). The monoisotopic (exact) mass is 333 g/mol. The fourth-order valence-electron chi connectivity index (χ4n) is 2.21. The maximum absolute atomic E-state index is 4.26. The fraction of sp³-hybridized carbons (Fsp3) is 0.286. The van der Waals surface area contributed by atoms with Crippen molar-refractivity contribution in [1.82, 2.24) is 15.3 Å². The van der Waals surface area contributed by atoms with Gasteiger partial charge in [0.2, 0.25) is 0 Å². The Kier molecular flexibility index (Phi) is 4.13. The minimum atomic E-state index is 0.448. The highest BCUT2D eigenvalue weighted by Gasteiger charge is 2.14. The number of aromatic nitrogens is 2. The highest BCUT2D eigenvalue weighted by Crippen LogP contribution is 2.20. The molecule has 1 aromatic carbocycles. The van der Waals surface area contributed by atoms with Gasteiger partial charge in [-0.3, -0.25) is 0 Å². The van der Waals surface area contributed by atoms with Crippen LogP contribution in [-0.2, 0) is 0 Å². The molecule has 1 aliphatic rings. The van der Waals surface area contributed by atoms with Crippen LogP contribution in [0.25, 0.3) is 0 Å². The van der Waals surface area contributed by atoms with Crippen LogP contribution in [0.3, 0.4) is 0 Å². The summed E-state index contributed by atoms with van der Waals surface area (Å²) in [5.41, 5.74) is 0.992. The molecule has 2 aromatic rings. The Balaban J connectivity index is 1.70. The number of nitrogens with zero attached hydrogens (tertiary/aromatic N) is 2. The molecule has 3 N–H and O–H groups in total. The molecule has 2 heterocycles. The smallest absolute Gasteiger partial charge is 0.135 e. The molecule has 6 heteroatoms. The number of nitrogens with one attached hydrogen (secondary N) is 3. The number of hydrogen-bond donors (Lipinski definition) is 3. The van der Waals surface area contributed by atoms with Gasteiger partial charge < -0.3 is 16.0 Å². The van der Waals surface area contributed by atoms with Gasteiger partial charge in [-0.25, -0.2) is 9.97 Å². The number of anilines is 3. The van der Waals surface area contributed by atoms with Crippen molar-refractivity contribution in [3.05, 3.63) is 41.1 Å². The Bertz CT molecular complexity index is 583. The van der Waals surface area contributed by atoms with Crippen molar-refractivity contribution in [3.8, 4) is 0 Å². The van der Waals surface area contributed by atoms with E-state index in [0.29, 0.717) is 6.04 Å². The first-order valence-corrected chi connectivity index (χ1v) is 7.41. The zero-order valence-electron chi connectivity index (χ0n) is 10.9. The van der Waals surface area contributed by atoms with Gasteiger partial charge in [0.15, 0.2) is 0 Å². The van der Waals surface area contributed by atoms with E-state index >= 15 is 0 Å². The van der Waals surface area contributed by atoms with Crippen molar-refractivity contribution in [2.45, 2.75) is 12.5 Å². The van der Waals surface area contributed by atoms with Crippen LogP contribution in [-0.4, -0.2) is 29.1 Å². The lowest BCUT2D eigenvalue weighted by Gasteiger charge is -2.13. The average Bonchev–Trinajstić information content (AvgIpc) is 2.92. The van der Waals surface area contributed by atoms with Gasteiger partial charge >= 0.3 is 0 Å². The molecule has 0 saturated carbocycles. The average molecular weight is 334 g/mol. The summed E-state index contributed by atoms with van der Waals surface area (Å²) < 4.78 is 1.03. The molecular formula is C14H16BrN5. The summed E-state index contributed by atoms with van der Waals surface area (Å²) in [7, 11) is 0. The second kappa shape index (κ2) is 6.19. The van der Waals surface area contributed by atoms with Gasteiger partial charge in [-0.1, -0.05) is 22.0 Å². The summed E-state index contributed by atoms with van der Waals surface area (Å²) in [6.07, 6.45) is 2.70. The number of rotatable bonds is 4. The Hall–Kier alpha value is -1.66. The third-order valence-corrected chi connectivity index (χ3v) is 3.67. The molecular weight excluding hydrogens is 318 g/mol. The van der Waals surface area contributed by atoms with E-state index in [2.05, 4.69) is 41.8 Å². The molecule has 104 valence electrons. The lowest BCUT2D eigenvalue weighted by molar-refractivity contribution is 0.787. The Morgan fingerprint density at radius 2 is 2.10 bits per heavy atom. The van der Waals surface area contributed by atoms with Gasteiger partial charge in [0.25, 0.3) is 0 Å². The standard InChI is InChI=1S/C14H16BrN5/c15-10-2-1-3-11(6-10)19-13-7-14(18-9-17-13)20-12-4-5-16-8-12/h1-3,6-7,9,12,16H,4-5,8H2,(H2,17,18,19,20). The van der Waals surface area contributed by atoms with Crippen molar-refractivity contribution < 1.29 is 0 Å². The largest absolute Gasteiger partial charge is 0.366 e. The predicted molar refractivity (Wildman–Crippen MR) is 84.4 cm³/mol. The summed E-state index contributed by atoms with van der Waals surface area (Å²) in [5, 5.41) is 10.0. The molecule has 0 aliphatic carbocycles. The van der Waals surface area contributed by atoms with Gasteiger partial charge in [-0.2, -0.15) is 0 Å². The molecule has 0 spiro atoms. The summed E-state index contributed by atoms with van der Waals surface area (Å²) >= 11 is 3.46. The lowest BCUT2D eigenvalue weighted by Crippen LogP contribution is -2.22. The second-order valence-electron chi connectivity index (χ2n) is 4.76. The molecule has 1 unspecified atom stereocenters. The maximum Gasteiger partial charge on any atom is 0.135 e. The summed E-state index contributed by atoms with van der Waals surface area (Å²) in [5.74, 6) is 1.64. The van der Waals surface area contributed by atoms with E-state index in [4.69, 9.17) is 0 Å². The highest BCUT2D eigenvalue weighted by atomic mass is 79.9. The molecule has 1 aliphatic heterocycles. The van der Waals surface area contributed by atoms with Crippen LogP contribution < -0.4 is 16.0 Å². The van der Waals surface area contributed by atoms with E-state index in [1.54, 1.807) is 6.33 Å². The number of benzene rings is 1. The quantitative estimate of drug-likeness (QED) is 0.803. The number of hydrogen-bond acceptors (Lipinski definition) is 5. The topological polar surface area (TPSA) is 61.9 Å². The number of halogens is 1. The van der Waals surface area contributed by atoms with Crippen LogP contribution in [0.4, 0.5) is 17.3 Å². The van der Waals surface area contributed by atoms with E-state index in [9.17, 15) is 0 Å². The Labute approximate surface area is 126 Å². The first kappa shape index (κ1) is 13.3. The lowest BCUT2D eigenvalue weighted by atomic mass is 10.2. The molecule has 20 heavy (non-hydrogen) atoms. The summed E-state index contributed by atoms with van der Waals surface area (Å²) in [6.45, 7) is 2.05. The van der Waals surface area contributed by atoms with Crippen molar-refractivity contribution in [3.63, 3.8) is 0 Å². The minimum Gasteiger partial charge on any atom is -0.366 e. The van der Waals surface area contributed by atoms with Gasteiger partial charge in [-0.05, 0) is 31.2 Å². The maximum atomic E-state index is 4.26. The first-order valence-electron chi connectivity index (χ1n) is 6.61. The van der Waals surface area contributed by atoms with Crippen LogP contribution in [0.5, 0.6) is 0 Å². The van der Waals surface area contributed by atoms with Gasteiger partial charge in [0.1, 0.15) is 18.0 Å². The van der Waals surface area contributed by atoms with E-state index < -0.39 is 0 Å². The molecule has 1 aromatic heterocycles. The SMILES string of the molecule is Brc1cccc(Nc2cc(NC3CCNC3)ncn2)c1. The molecule has 1 fully saturated rings. The summed E-state index contributed by atoms with van der Waals surface area (Å²) in [4.78, 5) is 8.51. The van der Waals surface area contributed by atoms with Crippen molar-refractivity contribution in [2.24, 2.45) is 0 Å². The third kappa shape index (κ3) is 3.46. The second-order valence-corrected chi connectivity index (χ2v) is 5.67.